The van der Waals surface area contributed by atoms with Crippen molar-refractivity contribution in [2.75, 3.05) is 96.2 Å². The number of rotatable bonds is 35. The number of hydrogen-bond acceptors (Lipinski definition) is 22. The quantitative estimate of drug-likeness (QED) is 0.00615. The van der Waals surface area contributed by atoms with Gasteiger partial charge >= 0.3 is 24.2 Å². The summed E-state index contributed by atoms with van der Waals surface area (Å²) in [7, 11) is 11.8. The number of hydrogen-bond donors (Lipinski definition) is 5. The zero-order valence-electron chi connectivity index (χ0n) is 66.4. The zero-order valence-corrected chi connectivity index (χ0v) is 67.3. The van der Waals surface area contributed by atoms with Gasteiger partial charge in [-0.3, -0.25) is 29.1 Å². The average Bonchev–Trinajstić information content (AvgIpc) is 1.73. The van der Waals surface area contributed by atoms with E-state index in [1.54, 1.807) is 73.1 Å². The third-order valence-corrected chi connectivity index (χ3v) is 20.4. The topological polar surface area (TPSA) is 353 Å². The lowest BCUT2D eigenvalue weighted by Crippen LogP contribution is -2.38. The van der Waals surface area contributed by atoms with Crippen molar-refractivity contribution in [3.63, 3.8) is 0 Å². The van der Waals surface area contributed by atoms with E-state index in [0.717, 1.165) is 33.4 Å². The molecule has 30 nitrogen and oxygen atoms in total. The lowest BCUT2D eigenvalue weighted by atomic mass is 9.80. The highest BCUT2D eigenvalue weighted by Crippen LogP contribution is 2.48. The number of nitrogens with zero attached hydrogens (tertiary/aromatic N) is 11. The van der Waals surface area contributed by atoms with Crippen LogP contribution in [-0.2, 0) is 61.6 Å². The van der Waals surface area contributed by atoms with Gasteiger partial charge in [-0.25, -0.2) is 19.3 Å². The van der Waals surface area contributed by atoms with Crippen molar-refractivity contribution in [2.24, 2.45) is 9.98 Å². The Morgan fingerprint density at radius 1 is 0.580 bits per heavy atom. The molecular weight excluding hydrogens is 1580 g/mol. The summed E-state index contributed by atoms with van der Waals surface area (Å²) in [6, 6.07) is 51.6. The molecule has 6 heterocycles. The van der Waals surface area contributed by atoms with Crippen LogP contribution in [0.4, 0.5) is 38.2 Å². The Balaban J connectivity index is 0.000000235. The van der Waals surface area contributed by atoms with Crippen molar-refractivity contribution in [3.05, 3.63) is 223 Å². The number of alkyl halides is 6. The number of ether oxygens (including phenoxy) is 8. The molecule has 119 heavy (non-hydrogen) atoms. The second kappa shape index (κ2) is 39.7. The third-order valence-electron chi connectivity index (χ3n) is 19.3. The molecule has 37 heteroatoms. The van der Waals surface area contributed by atoms with Crippen molar-refractivity contribution in [1.82, 2.24) is 59.9 Å². The predicted molar refractivity (Wildman–Crippen MR) is 428 cm³/mol. The number of methoxy groups -OCH3 is 4. The first-order valence-electron chi connectivity index (χ1n) is 37.6. The molecule has 6 aromatic carbocycles. The second-order valence-electron chi connectivity index (χ2n) is 27.8. The Morgan fingerprint density at radius 3 is 1.30 bits per heavy atom. The highest BCUT2D eigenvalue weighted by Gasteiger charge is 2.47. The predicted octanol–water partition coefficient (Wildman–Crippen LogP) is 11.1. The van der Waals surface area contributed by atoms with Crippen molar-refractivity contribution >= 4 is 66.8 Å². The number of aliphatic imine (C=N–C) groups is 2. The first kappa shape index (κ1) is 88.1. The fourth-order valence-electron chi connectivity index (χ4n) is 13.7. The molecule has 0 aliphatic carbocycles. The summed E-state index contributed by atoms with van der Waals surface area (Å²) in [4.78, 5) is 76.1. The highest BCUT2D eigenvalue weighted by atomic mass is 31.2. The number of amides is 2. The van der Waals surface area contributed by atoms with Crippen molar-refractivity contribution in [3.8, 4) is 29.1 Å². The molecule has 7 atom stereocenters. The molecule has 2 aliphatic rings. The van der Waals surface area contributed by atoms with E-state index in [-0.39, 0.29) is 123 Å². The number of nitrogens with one attached hydrogen (secondary N) is 4. The first-order chi connectivity index (χ1) is 57.1. The lowest BCUT2D eigenvalue weighted by molar-refractivity contribution is -0.173. The number of aromatic amines is 2. The van der Waals surface area contributed by atoms with Gasteiger partial charge in [0, 0.05) is 60.8 Å². The summed E-state index contributed by atoms with van der Waals surface area (Å²) in [5, 5.41) is 33.8. The molecule has 4 aromatic heterocycles. The number of aliphatic hydroxyl groups is 1. The molecule has 1 unspecified atom stereocenters. The van der Waals surface area contributed by atoms with E-state index in [0.29, 0.717) is 23.0 Å². The molecule has 0 radical (unpaired) electrons. The summed E-state index contributed by atoms with van der Waals surface area (Å²) in [6.07, 6.45) is -11.9. The summed E-state index contributed by atoms with van der Waals surface area (Å²) >= 11 is 0. The minimum atomic E-state index is -5.04. The standard InChI is InChI=1S/C43H48F3N8O8P.C39H42F3N7O7/c1-53(2)27-49-41-50-38-37(39(55)51-41)33(13-9-23-48-40(56)43(44,45)46)52-54(38)36-25-34(62-63(5)60-24-10-22-47)35(61-36)26-59-42(28-11-7-6-8-12-28,29-14-18-31(57-3)19-15-29)30-16-20-32(58-4)21-17-30;1-48(2)23-44-37-45-34-33(35(51)46-37)29(11-8-20-43-36(52)39(40,41)42)47-49(34)32-21-30(50)31(56-32)22-55-38(24-9-6-5-7-10-24,25-12-16-27(53-3)17-13-25)26-14-18-28(54-4)19-15-26/h6-8,11-12,14-21,27,34-36H,9-10,13,23-26H2,1-5H3,(H,48,56)(H,50,51,55);5-7,9-10,12-19,23,30-32,50H,8,11,20-22H2,1-4H3,(H,43,52)(H,45,46,51)/t34-,35-,36-,63?;30-,31-,32-/m11/s1. The van der Waals surface area contributed by atoms with Crippen LogP contribution in [0.15, 0.2) is 177 Å². The van der Waals surface area contributed by atoms with Crippen LogP contribution in [0.3, 0.4) is 0 Å². The maximum atomic E-state index is 13.7. The highest BCUT2D eigenvalue weighted by molar-refractivity contribution is 7.46. The lowest BCUT2D eigenvalue weighted by Gasteiger charge is -2.37. The summed E-state index contributed by atoms with van der Waals surface area (Å²) in [5.41, 5.74) is 1.85. The van der Waals surface area contributed by atoms with Gasteiger partial charge in [0.05, 0.1) is 97.0 Å². The van der Waals surface area contributed by atoms with Gasteiger partial charge in [0.1, 0.15) is 57.2 Å². The van der Waals surface area contributed by atoms with Gasteiger partial charge in [-0.15, -0.1) is 0 Å². The van der Waals surface area contributed by atoms with Crippen LogP contribution in [0.2, 0.25) is 0 Å². The molecule has 2 aliphatic heterocycles. The van der Waals surface area contributed by atoms with Crippen molar-refractivity contribution in [2.45, 2.75) is 105 Å². The van der Waals surface area contributed by atoms with E-state index in [9.17, 15) is 50.6 Å². The van der Waals surface area contributed by atoms with Gasteiger partial charge in [-0.1, -0.05) is 109 Å². The van der Waals surface area contributed by atoms with E-state index >= 15 is 0 Å². The van der Waals surface area contributed by atoms with Crippen LogP contribution in [0.25, 0.3) is 22.1 Å². The van der Waals surface area contributed by atoms with E-state index in [1.165, 1.54) is 22.0 Å². The van der Waals surface area contributed by atoms with Crippen LogP contribution in [0, 0.1) is 11.3 Å². The van der Waals surface area contributed by atoms with E-state index in [2.05, 4.69) is 41.1 Å². The first-order valence-corrected chi connectivity index (χ1v) is 39.2. The number of aromatic nitrogens is 8. The van der Waals surface area contributed by atoms with Gasteiger partial charge in [0.25, 0.3) is 11.1 Å². The van der Waals surface area contributed by atoms with Crippen LogP contribution in [0.1, 0.15) is 89.3 Å². The largest absolute Gasteiger partial charge is 0.497 e. The maximum Gasteiger partial charge on any atom is 0.471 e. The van der Waals surface area contributed by atoms with Crippen LogP contribution in [-0.4, -0.2) is 212 Å². The van der Waals surface area contributed by atoms with Gasteiger partial charge in [0.15, 0.2) is 32.1 Å². The second-order valence-corrected chi connectivity index (χ2v) is 29.2. The SMILES string of the molecule is COc1ccc(C(OC[C@H]2O[C@@H](n3nc(CCCNC(=O)C(F)(F)F)c4c(=O)[nH]c(N=CN(C)C)nc43)C[C@H]2O)(c2ccccc2)c2ccc(OC)cc2)cc1.COc1ccc(C(OC[C@H]2O[C@@H](n3nc(CCCNC(=O)C(F)(F)F)c4c(=O)[nH]c(N=CN(C)C)nc43)C[C@H]2OP(C)OCCC#N)(c2ccccc2)c2ccc(OC)cc2)cc1. The number of carbonyl (C=O) groups excluding carboxylic acids is 2. The normalized spacial score (nSPS) is 17.3. The van der Waals surface area contributed by atoms with E-state index < -0.39 is 91.7 Å². The molecule has 10 aromatic rings. The number of halogens is 6. The molecule has 12 rings (SSSR count). The Labute approximate surface area is 680 Å². The Kier molecular flexibility index (Phi) is 29.4. The molecule has 2 saturated heterocycles. The van der Waals surface area contributed by atoms with Crippen LogP contribution >= 0.6 is 8.38 Å². The fraction of sp³-hybridized carbons (Fsp3) is 0.378. The summed E-state index contributed by atoms with van der Waals surface area (Å²) in [5.74, 6) is -1.56. The monoisotopic (exact) mass is 1670 g/mol. The van der Waals surface area contributed by atoms with Crippen LogP contribution in [0.5, 0.6) is 23.0 Å². The van der Waals surface area contributed by atoms with Gasteiger partial charge < -0.3 is 72.5 Å². The third kappa shape index (κ3) is 21.3. The molecule has 0 saturated carbocycles. The molecule has 5 N–H and O–H groups in total. The molecule has 2 fully saturated rings. The van der Waals surface area contributed by atoms with E-state index in [4.69, 9.17) is 57.3 Å². The Bertz CT molecular complexity index is 5170. The number of carbonyl (C=O) groups is 2. The summed E-state index contributed by atoms with van der Waals surface area (Å²) < 4.78 is 141. The fourth-order valence-corrected chi connectivity index (χ4v) is 14.7. The molecule has 0 spiro atoms. The van der Waals surface area contributed by atoms with Gasteiger partial charge in [-0.2, -0.15) is 51.8 Å². The number of benzene rings is 6. The molecular formula is C82H90F6N15O15P. The van der Waals surface area contributed by atoms with E-state index in [1.807, 2.05) is 168 Å². The number of nitriles is 1. The van der Waals surface area contributed by atoms with Crippen LogP contribution < -0.4 is 40.7 Å². The maximum absolute atomic E-state index is 13.7. The molecule has 0 bridgehead atoms. The number of aliphatic hydroxyl groups excluding tert-OH is 1. The van der Waals surface area contributed by atoms with Gasteiger partial charge in [-0.05, 0) is 108 Å². The number of fused-ring (bicyclic) bond motifs is 2. The number of H-pyrrole nitrogens is 2. The minimum Gasteiger partial charge on any atom is -0.497 e. The van der Waals surface area contributed by atoms with Crippen molar-refractivity contribution in [1.29, 1.82) is 5.26 Å². The Morgan fingerprint density at radius 2 is 0.941 bits per heavy atom. The smallest absolute Gasteiger partial charge is 0.471 e. The molecule has 630 valence electrons. The number of aryl methyl sites for hydroxylation is 2. The van der Waals surface area contributed by atoms with Crippen molar-refractivity contribution < 1.29 is 88.0 Å². The van der Waals surface area contributed by atoms with Gasteiger partial charge in [0.2, 0.25) is 11.9 Å². The zero-order chi connectivity index (χ0) is 85.2. The molecule has 2 amide bonds. The average molecular weight is 1670 g/mol. The summed E-state index contributed by atoms with van der Waals surface area (Å²) in [6.45, 7) is 1.15. The minimum absolute atomic E-state index is 0.0161. The Hall–Kier alpha value is -11.7.